The van der Waals surface area contributed by atoms with Crippen molar-refractivity contribution in [2.24, 2.45) is 0 Å². The number of anilines is 1. The third-order valence-electron chi connectivity index (χ3n) is 3.56. The van der Waals surface area contributed by atoms with E-state index in [9.17, 15) is 23.2 Å². The SMILES string of the molecule is CCOc1ccc(C(=O)NCC(=O)OCC(=O)Nc2ccccc2OC(F)F)cc1. The first-order valence-electron chi connectivity index (χ1n) is 8.89. The summed E-state index contributed by atoms with van der Waals surface area (Å²) in [6.45, 7) is -1.84. The minimum absolute atomic E-state index is 0.00245. The highest BCUT2D eigenvalue weighted by Crippen LogP contribution is 2.25. The monoisotopic (exact) mass is 422 g/mol. The summed E-state index contributed by atoms with van der Waals surface area (Å²) < 4.78 is 39.1. The molecule has 0 aliphatic heterocycles. The van der Waals surface area contributed by atoms with E-state index in [0.29, 0.717) is 17.9 Å². The van der Waals surface area contributed by atoms with Gasteiger partial charge in [-0.15, -0.1) is 0 Å². The number of halogens is 2. The Morgan fingerprint density at radius 3 is 2.40 bits per heavy atom. The predicted octanol–water partition coefficient (Wildman–Crippen LogP) is 2.60. The molecular formula is C20H20F2N2O6. The maximum absolute atomic E-state index is 12.4. The van der Waals surface area contributed by atoms with Crippen LogP contribution < -0.4 is 20.1 Å². The lowest BCUT2D eigenvalue weighted by atomic mass is 10.2. The van der Waals surface area contributed by atoms with Gasteiger partial charge in [-0.3, -0.25) is 14.4 Å². The van der Waals surface area contributed by atoms with E-state index in [-0.39, 0.29) is 11.4 Å². The Balaban J connectivity index is 1.76. The van der Waals surface area contributed by atoms with E-state index in [1.165, 1.54) is 36.4 Å². The summed E-state index contributed by atoms with van der Waals surface area (Å²) in [4.78, 5) is 35.6. The molecule has 2 rings (SSSR count). The van der Waals surface area contributed by atoms with E-state index in [2.05, 4.69) is 15.4 Å². The Bertz CT molecular complexity index is 874. The van der Waals surface area contributed by atoms with Crippen LogP contribution in [0.2, 0.25) is 0 Å². The number of rotatable bonds is 10. The molecule has 0 unspecified atom stereocenters. The molecule has 10 heteroatoms. The molecule has 8 nitrogen and oxygen atoms in total. The Hall–Kier alpha value is -3.69. The fraction of sp³-hybridized carbons (Fsp3) is 0.250. The summed E-state index contributed by atoms with van der Waals surface area (Å²) in [5, 5.41) is 4.67. The highest BCUT2D eigenvalue weighted by molar-refractivity contribution is 5.97. The molecule has 2 aromatic rings. The number of alkyl halides is 2. The van der Waals surface area contributed by atoms with Gasteiger partial charge >= 0.3 is 12.6 Å². The van der Waals surface area contributed by atoms with Gasteiger partial charge in [-0.2, -0.15) is 8.78 Å². The zero-order valence-electron chi connectivity index (χ0n) is 16.0. The molecule has 0 aliphatic rings. The van der Waals surface area contributed by atoms with Gasteiger partial charge in [0.25, 0.3) is 11.8 Å². The van der Waals surface area contributed by atoms with E-state index < -0.39 is 37.5 Å². The van der Waals surface area contributed by atoms with E-state index in [4.69, 9.17) is 9.47 Å². The summed E-state index contributed by atoms with van der Waals surface area (Å²) in [5.41, 5.74) is 0.322. The number of benzene rings is 2. The minimum atomic E-state index is -3.06. The van der Waals surface area contributed by atoms with Gasteiger partial charge in [0.05, 0.1) is 12.3 Å². The largest absolute Gasteiger partial charge is 0.494 e. The molecule has 160 valence electrons. The van der Waals surface area contributed by atoms with E-state index in [1.54, 1.807) is 12.1 Å². The molecule has 0 heterocycles. The predicted molar refractivity (Wildman–Crippen MR) is 103 cm³/mol. The van der Waals surface area contributed by atoms with Gasteiger partial charge in [0, 0.05) is 5.56 Å². The van der Waals surface area contributed by atoms with Crippen molar-refractivity contribution in [1.82, 2.24) is 5.32 Å². The van der Waals surface area contributed by atoms with Crippen LogP contribution in [0.3, 0.4) is 0 Å². The minimum Gasteiger partial charge on any atom is -0.494 e. The van der Waals surface area contributed by atoms with Crippen LogP contribution in [0.15, 0.2) is 48.5 Å². The molecule has 0 saturated heterocycles. The summed E-state index contributed by atoms with van der Waals surface area (Å²) >= 11 is 0. The average molecular weight is 422 g/mol. The molecule has 2 aromatic carbocycles. The molecule has 0 aliphatic carbocycles. The fourth-order valence-electron chi connectivity index (χ4n) is 2.28. The maximum atomic E-state index is 12.4. The number of carbonyl (C=O) groups excluding carboxylic acids is 3. The van der Waals surface area contributed by atoms with Gasteiger partial charge in [-0.25, -0.2) is 0 Å². The number of hydrogen-bond acceptors (Lipinski definition) is 6. The van der Waals surface area contributed by atoms with Crippen molar-refractivity contribution in [2.75, 3.05) is 25.1 Å². The zero-order valence-corrected chi connectivity index (χ0v) is 16.0. The van der Waals surface area contributed by atoms with E-state index in [1.807, 2.05) is 6.92 Å². The van der Waals surface area contributed by atoms with Gasteiger partial charge in [0.1, 0.15) is 18.0 Å². The highest BCUT2D eigenvalue weighted by atomic mass is 19.3. The number of carbonyl (C=O) groups is 3. The molecule has 0 spiro atoms. The second kappa shape index (κ2) is 11.3. The van der Waals surface area contributed by atoms with Crippen molar-refractivity contribution in [2.45, 2.75) is 13.5 Å². The number of hydrogen-bond donors (Lipinski definition) is 2. The Kier molecular flexibility index (Phi) is 8.55. The van der Waals surface area contributed by atoms with Crippen molar-refractivity contribution >= 4 is 23.5 Å². The lowest BCUT2D eigenvalue weighted by Crippen LogP contribution is -2.32. The van der Waals surface area contributed by atoms with Crippen molar-refractivity contribution < 1.29 is 37.4 Å². The average Bonchev–Trinajstić information content (AvgIpc) is 2.72. The Morgan fingerprint density at radius 2 is 1.73 bits per heavy atom. The molecule has 2 amide bonds. The van der Waals surface area contributed by atoms with Crippen LogP contribution in [0.4, 0.5) is 14.5 Å². The number of amides is 2. The summed E-state index contributed by atoms with van der Waals surface area (Å²) in [6.07, 6.45) is 0. The Morgan fingerprint density at radius 1 is 1.03 bits per heavy atom. The van der Waals surface area contributed by atoms with Crippen molar-refractivity contribution in [3.63, 3.8) is 0 Å². The molecule has 0 aromatic heterocycles. The van der Waals surface area contributed by atoms with Gasteiger partial charge < -0.3 is 24.8 Å². The smallest absolute Gasteiger partial charge is 0.387 e. The van der Waals surface area contributed by atoms with Crippen LogP contribution in [0.25, 0.3) is 0 Å². The number of ether oxygens (including phenoxy) is 3. The van der Waals surface area contributed by atoms with Crippen molar-refractivity contribution in [3.8, 4) is 11.5 Å². The molecule has 0 fully saturated rings. The van der Waals surface area contributed by atoms with Crippen molar-refractivity contribution in [1.29, 1.82) is 0 Å². The first-order chi connectivity index (χ1) is 14.4. The molecule has 0 atom stereocenters. The van der Waals surface area contributed by atoms with Gasteiger partial charge in [-0.1, -0.05) is 12.1 Å². The van der Waals surface area contributed by atoms with Crippen LogP contribution in [-0.2, 0) is 14.3 Å². The zero-order chi connectivity index (χ0) is 21.9. The molecule has 30 heavy (non-hydrogen) atoms. The van der Waals surface area contributed by atoms with E-state index >= 15 is 0 Å². The third kappa shape index (κ3) is 7.38. The van der Waals surface area contributed by atoms with Gasteiger partial charge in [0.2, 0.25) is 0 Å². The second-order valence-electron chi connectivity index (χ2n) is 5.72. The van der Waals surface area contributed by atoms with Gasteiger partial charge in [0.15, 0.2) is 6.61 Å². The second-order valence-corrected chi connectivity index (χ2v) is 5.72. The van der Waals surface area contributed by atoms with Crippen LogP contribution in [0.1, 0.15) is 17.3 Å². The number of para-hydroxylation sites is 2. The maximum Gasteiger partial charge on any atom is 0.387 e. The number of esters is 1. The fourth-order valence-corrected chi connectivity index (χ4v) is 2.28. The lowest BCUT2D eigenvalue weighted by molar-refractivity contribution is -0.146. The summed E-state index contributed by atoms with van der Waals surface area (Å²) in [7, 11) is 0. The molecule has 0 saturated carbocycles. The van der Waals surface area contributed by atoms with Crippen LogP contribution in [0.5, 0.6) is 11.5 Å². The quantitative estimate of drug-likeness (QED) is 0.571. The first kappa shape index (κ1) is 22.6. The van der Waals surface area contributed by atoms with Crippen LogP contribution in [-0.4, -0.2) is 44.2 Å². The molecule has 0 radical (unpaired) electrons. The number of nitrogens with one attached hydrogen (secondary N) is 2. The normalized spacial score (nSPS) is 10.3. The molecular weight excluding hydrogens is 402 g/mol. The van der Waals surface area contributed by atoms with Gasteiger partial charge in [-0.05, 0) is 43.3 Å². The highest BCUT2D eigenvalue weighted by Gasteiger charge is 2.14. The summed E-state index contributed by atoms with van der Waals surface area (Å²) in [5.74, 6) is -1.72. The lowest BCUT2D eigenvalue weighted by Gasteiger charge is -2.12. The van der Waals surface area contributed by atoms with Crippen LogP contribution in [0, 0.1) is 0 Å². The molecule has 2 N–H and O–H groups in total. The first-order valence-corrected chi connectivity index (χ1v) is 8.89. The van der Waals surface area contributed by atoms with Crippen LogP contribution >= 0.6 is 0 Å². The van der Waals surface area contributed by atoms with E-state index in [0.717, 1.165) is 0 Å². The Labute approximate surface area is 171 Å². The summed E-state index contributed by atoms with van der Waals surface area (Å²) in [6, 6.07) is 11.9. The third-order valence-corrected chi connectivity index (χ3v) is 3.56. The topological polar surface area (TPSA) is 103 Å². The molecule has 0 bridgehead atoms. The van der Waals surface area contributed by atoms with Crippen molar-refractivity contribution in [3.05, 3.63) is 54.1 Å². The standard InChI is InChI=1S/C20H20F2N2O6/c1-2-28-14-9-7-13(8-10-14)19(27)23-11-18(26)29-12-17(25)24-15-5-3-4-6-16(15)30-20(21)22/h3-10,20H,2,11-12H2,1H3,(H,23,27)(H,24,25).